The molecule has 1 saturated heterocycles. The van der Waals surface area contributed by atoms with Crippen molar-refractivity contribution in [2.75, 3.05) is 6.54 Å². The summed E-state index contributed by atoms with van der Waals surface area (Å²) in [6, 6.07) is 13.2. The largest absolute Gasteiger partial charge is 0.330 e. The van der Waals surface area contributed by atoms with Gasteiger partial charge < -0.3 is 4.90 Å². The summed E-state index contributed by atoms with van der Waals surface area (Å²) in [4.78, 5) is 19.5. The molecule has 0 aliphatic carbocycles. The number of fused-ring (bicyclic) bond motifs is 5. The first-order valence-corrected chi connectivity index (χ1v) is 8.84. The summed E-state index contributed by atoms with van der Waals surface area (Å²) in [5, 5.41) is 1.14. The molecule has 0 saturated carbocycles. The van der Waals surface area contributed by atoms with Gasteiger partial charge in [-0.2, -0.15) is 0 Å². The smallest absolute Gasteiger partial charge is 0.258 e. The second kappa shape index (κ2) is 5.35. The molecule has 1 fully saturated rings. The highest BCUT2D eigenvalue weighted by molar-refractivity contribution is 6.34. The van der Waals surface area contributed by atoms with Gasteiger partial charge in [0.25, 0.3) is 5.91 Å². The van der Waals surface area contributed by atoms with Crippen LogP contribution < -0.4 is 0 Å². The Morgan fingerprint density at radius 3 is 2.72 bits per heavy atom. The molecular weight excluding hydrogens is 357 g/mol. The van der Waals surface area contributed by atoms with Gasteiger partial charge in [-0.15, -0.1) is 0 Å². The van der Waals surface area contributed by atoms with Gasteiger partial charge in [0.1, 0.15) is 6.33 Å². The Morgan fingerprint density at radius 1 is 1.12 bits per heavy atom. The van der Waals surface area contributed by atoms with Crippen molar-refractivity contribution in [2.45, 2.75) is 12.5 Å². The topological polar surface area (TPSA) is 38.1 Å². The molecule has 124 valence electrons. The highest BCUT2D eigenvalue weighted by Crippen LogP contribution is 2.44. The van der Waals surface area contributed by atoms with Gasteiger partial charge in [-0.25, -0.2) is 4.98 Å². The lowest BCUT2D eigenvalue weighted by Crippen LogP contribution is -2.44. The molecule has 3 aromatic rings. The van der Waals surface area contributed by atoms with Crippen LogP contribution in [-0.2, 0) is 0 Å². The molecule has 2 aliphatic rings. The number of benzene rings is 2. The molecule has 4 nitrogen and oxygen atoms in total. The number of rotatable bonds is 1. The molecule has 0 spiro atoms. The van der Waals surface area contributed by atoms with E-state index in [4.69, 9.17) is 23.2 Å². The van der Waals surface area contributed by atoms with Crippen molar-refractivity contribution in [1.82, 2.24) is 14.5 Å². The number of amides is 1. The van der Waals surface area contributed by atoms with Crippen molar-refractivity contribution in [3.8, 4) is 16.9 Å². The first-order chi connectivity index (χ1) is 12.1. The Morgan fingerprint density at radius 2 is 1.96 bits per heavy atom. The summed E-state index contributed by atoms with van der Waals surface area (Å²) >= 11 is 12.5. The molecule has 25 heavy (non-hydrogen) atoms. The first-order valence-electron chi connectivity index (χ1n) is 8.08. The molecule has 3 heterocycles. The molecule has 0 unspecified atom stereocenters. The molecule has 0 bridgehead atoms. The van der Waals surface area contributed by atoms with Gasteiger partial charge in [0.05, 0.1) is 33.7 Å². The highest BCUT2D eigenvalue weighted by atomic mass is 35.5. The van der Waals surface area contributed by atoms with Gasteiger partial charge in [0, 0.05) is 17.1 Å². The van der Waals surface area contributed by atoms with Crippen LogP contribution >= 0.6 is 23.2 Å². The van der Waals surface area contributed by atoms with Gasteiger partial charge in [0.15, 0.2) is 0 Å². The maximum atomic E-state index is 13.0. The van der Waals surface area contributed by atoms with Crippen LogP contribution in [0.5, 0.6) is 0 Å². The molecule has 5 rings (SSSR count). The van der Waals surface area contributed by atoms with E-state index in [0.29, 0.717) is 15.6 Å². The molecule has 0 radical (unpaired) electrons. The van der Waals surface area contributed by atoms with Crippen LogP contribution in [-0.4, -0.2) is 26.9 Å². The van der Waals surface area contributed by atoms with E-state index in [1.807, 2.05) is 45.9 Å². The molecule has 1 amide bonds. The van der Waals surface area contributed by atoms with Crippen molar-refractivity contribution >= 4 is 29.1 Å². The van der Waals surface area contributed by atoms with Gasteiger partial charge in [-0.05, 0) is 30.7 Å². The number of carbonyl (C=O) groups is 1. The van der Waals surface area contributed by atoms with E-state index >= 15 is 0 Å². The SMILES string of the molecule is O=C1c2c(Cl)cccc2-n2cnc(-c3cccc(Cl)c3)c2[C@@H]2CCN12. The number of hydrogen-bond donors (Lipinski definition) is 0. The van der Waals surface area contributed by atoms with E-state index in [0.717, 1.165) is 35.6 Å². The third-order valence-electron chi connectivity index (χ3n) is 4.96. The maximum absolute atomic E-state index is 13.0. The molecule has 2 aromatic carbocycles. The highest BCUT2D eigenvalue weighted by Gasteiger charge is 2.42. The van der Waals surface area contributed by atoms with Crippen LogP contribution in [0, 0.1) is 0 Å². The molecule has 1 aromatic heterocycles. The number of imidazole rings is 1. The predicted octanol–water partition coefficient (Wildman–Crippen LogP) is 4.75. The second-order valence-electron chi connectivity index (χ2n) is 6.30. The Labute approximate surface area is 154 Å². The van der Waals surface area contributed by atoms with Crippen LogP contribution in [0.2, 0.25) is 10.0 Å². The minimum Gasteiger partial charge on any atom is -0.330 e. The fraction of sp³-hybridized carbons (Fsp3) is 0.158. The van der Waals surface area contributed by atoms with Crippen LogP contribution in [0.4, 0.5) is 0 Å². The number of hydrogen-bond acceptors (Lipinski definition) is 2. The monoisotopic (exact) mass is 369 g/mol. The van der Waals surface area contributed by atoms with Gasteiger partial charge in [-0.3, -0.25) is 9.36 Å². The number of nitrogens with zero attached hydrogens (tertiary/aromatic N) is 3. The lowest BCUT2D eigenvalue weighted by molar-refractivity contribution is 0.0462. The average molecular weight is 370 g/mol. The van der Waals surface area contributed by atoms with Crippen molar-refractivity contribution in [2.24, 2.45) is 0 Å². The van der Waals surface area contributed by atoms with Crippen LogP contribution in [0.25, 0.3) is 16.9 Å². The summed E-state index contributed by atoms with van der Waals surface area (Å²) < 4.78 is 2.00. The standard InChI is InChI=1S/C19H13Cl2N3O/c20-12-4-1-3-11(9-12)17-18-15-7-8-23(15)19(25)16-13(21)5-2-6-14(16)24(18)10-22-17/h1-6,9-10,15H,7-8H2/t15-/m0/s1. The Kier molecular flexibility index (Phi) is 3.21. The summed E-state index contributed by atoms with van der Waals surface area (Å²) in [5.41, 5.74) is 4.15. The quantitative estimate of drug-likeness (QED) is 0.620. The number of halogens is 2. The predicted molar refractivity (Wildman–Crippen MR) is 97.4 cm³/mol. The van der Waals surface area contributed by atoms with E-state index in [1.165, 1.54) is 0 Å². The maximum Gasteiger partial charge on any atom is 0.258 e. The minimum atomic E-state index is -0.0161. The van der Waals surface area contributed by atoms with Crippen LogP contribution in [0.3, 0.4) is 0 Å². The Bertz CT molecular complexity index is 1030. The van der Waals surface area contributed by atoms with Crippen molar-refractivity contribution < 1.29 is 4.79 Å². The summed E-state index contributed by atoms with van der Waals surface area (Å²) in [7, 11) is 0. The number of carbonyl (C=O) groups excluding carboxylic acids is 1. The van der Waals surface area contributed by atoms with Gasteiger partial charge >= 0.3 is 0 Å². The summed E-state index contributed by atoms with van der Waals surface area (Å²) in [5.74, 6) is -0.0161. The molecule has 6 heteroatoms. The third-order valence-corrected chi connectivity index (χ3v) is 5.51. The molecule has 0 N–H and O–H groups in total. The third kappa shape index (κ3) is 2.08. The molecular formula is C19H13Cl2N3O. The fourth-order valence-electron chi connectivity index (χ4n) is 3.71. The average Bonchev–Trinajstić information content (AvgIpc) is 2.95. The number of aromatic nitrogens is 2. The summed E-state index contributed by atoms with van der Waals surface area (Å²) in [6.07, 6.45) is 2.69. The van der Waals surface area contributed by atoms with E-state index in [9.17, 15) is 4.79 Å². The lowest BCUT2D eigenvalue weighted by Gasteiger charge is -2.40. The van der Waals surface area contributed by atoms with Gasteiger partial charge in [0.2, 0.25) is 0 Å². The zero-order chi connectivity index (χ0) is 17.1. The Hall–Kier alpha value is -2.30. The van der Waals surface area contributed by atoms with Crippen LogP contribution in [0.1, 0.15) is 28.5 Å². The van der Waals surface area contributed by atoms with Gasteiger partial charge in [-0.1, -0.05) is 41.4 Å². The molecule has 2 aliphatic heterocycles. The Balaban J connectivity index is 1.80. The summed E-state index contributed by atoms with van der Waals surface area (Å²) in [6.45, 7) is 0.730. The molecule has 1 atom stereocenters. The zero-order valence-corrected chi connectivity index (χ0v) is 14.6. The van der Waals surface area contributed by atoms with E-state index in [1.54, 1.807) is 12.4 Å². The van der Waals surface area contributed by atoms with E-state index in [-0.39, 0.29) is 11.9 Å². The fourth-order valence-corrected chi connectivity index (χ4v) is 4.15. The van der Waals surface area contributed by atoms with Crippen molar-refractivity contribution in [3.05, 3.63) is 70.1 Å². The lowest BCUT2D eigenvalue weighted by atomic mass is 9.95. The minimum absolute atomic E-state index is 0.00690. The van der Waals surface area contributed by atoms with E-state index in [2.05, 4.69) is 4.98 Å². The normalized spacial score (nSPS) is 18.1. The van der Waals surface area contributed by atoms with E-state index < -0.39 is 0 Å². The van der Waals surface area contributed by atoms with Crippen molar-refractivity contribution in [1.29, 1.82) is 0 Å². The van der Waals surface area contributed by atoms with Crippen molar-refractivity contribution in [3.63, 3.8) is 0 Å². The second-order valence-corrected chi connectivity index (χ2v) is 7.14. The zero-order valence-electron chi connectivity index (χ0n) is 13.1. The first kappa shape index (κ1) is 15.0. The van der Waals surface area contributed by atoms with Crippen LogP contribution in [0.15, 0.2) is 48.8 Å².